The maximum Gasteiger partial charge on any atom is 0.213 e. The Labute approximate surface area is 138 Å². The third kappa shape index (κ3) is 2.88. The highest BCUT2D eigenvalue weighted by molar-refractivity contribution is 8.01. The third-order valence-corrected chi connectivity index (χ3v) is 5.95. The number of rotatable bonds is 6. The summed E-state index contributed by atoms with van der Waals surface area (Å²) in [5.74, 6) is 0.793. The summed E-state index contributed by atoms with van der Waals surface area (Å²) < 4.78 is 0.830. The van der Waals surface area contributed by atoms with Crippen LogP contribution in [0.4, 0.5) is 0 Å². The number of benzene rings is 1. The number of thioether (sulfide) groups is 1. The van der Waals surface area contributed by atoms with Crippen LogP contribution in [0.5, 0.6) is 0 Å². The summed E-state index contributed by atoms with van der Waals surface area (Å²) in [6.45, 7) is 2.19. The lowest BCUT2D eigenvalue weighted by atomic mass is 9.92. The number of hydrogen-bond acceptors (Lipinski definition) is 5. The minimum Gasteiger partial charge on any atom is -0.288 e. The zero-order chi connectivity index (χ0) is 15.5. The van der Waals surface area contributed by atoms with Crippen LogP contribution < -0.4 is 0 Å². The fourth-order valence-electron chi connectivity index (χ4n) is 2.49. The van der Waals surface area contributed by atoms with Gasteiger partial charge in [0, 0.05) is 16.9 Å². The van der Waals surface area contributed by atoms with Crippen molar-refractivity contribution in [3.63, 3.8) is 0 Å². The van der Waals surface area contributed by atoms with Crippen molar-refractivity contribution in [3.8, 4) is 0 Å². The molecular weight excluding hydrogens is 314 g/mol. The fourth-order valence-corrected chi connectivity index (χ4v) is 4.65. The summed E-state index contributed by atoms with van der Waals surface area (Å²) in [6.07, 6.45) is 4.83. The quantitative estimate of drug-likeness (QED) is 0.489. The topological polar surface area (TPSA) is 47.0 Å². The molecule has 1 aromatic heterocycles. The number of carbonyl (C=O) groups is 2. The number of aromatic nitrogens is 1. The van der Waals surface area contributed by atoms with E-state index in [-0.39, 0.29) is 11.6 Å². The Morgan fingerprint density at radius 1 is 1.05 bits per heavy atom. The Bertz CT molecular complexity index is 669. The Kier molecular flexibility index (Phi) is 4.74. The predicted octanol–water partition coefficient (Wildman–Crippen LogP) is 4.59. The molecule has 3 nitrogen and oxygen atoms in total. The van der Waals surface area contributed by atoms with Gasteiger partial charge in [0.15, 0.2) is 4.34 Å². The molecule has 0 saturated heterocycles. The monoisotopic (exact) mass is 331 g/mol. The minimum atomic E-state index is -0.126. The van der Waals surface area contributed by atoms with Gasteiger partial charge in [0.05, 0.1) is 0 Å². The number of nitrogens with zero attached hydrogens (tertiary/aromatic N) is 1. The highest BCUT2D eigenvalue weighted by Gasteiger charge is 2.33. The van der Waals surface area contributed by atoms with E-state index in [1.807, 2.05) is 0 Å². The van der Waals surface area contributed by atoms with E-state index in [2.05, 4.69) is 11.9 Å². The van der Waals surface area contributed by atoms with Gasteiger partial charge in [0.25, 0.3) is 0 Å². The van der Waals surface area contributed by atoms with Gasteiger partial charge in [-0.1, -0.05) is 62.2 Å². The van der Waals surface area contributed by atoms with Crippen LogP contribution in [0.3, 0.4) is 0 Å². The second-order valence-corrected chi connectivity index (χ2v) is 7.61. The maximum atomic E-state index is 12.5. The molecule has 2 aromatic rings. The maximum absolute atomic E-state index is 12.5. The molecule has 0 atom stereocenters. The van der Waals surface area contributed by atoms with Crippen LogP contribution in [0.1, 0.15) is 63.9 Å². The molecule has 0 bridgehead atoms. The Hall–Kier alpha value is -1.46. The SMILES string of the molecule is CCCCCCSc1nc2c(s1)C(=O)c1ccccc1C2=O. The summed E-state index contributed by atoms with van der Waals surface area (Å²) >= 11 is 3.01. The molecule has 0 fully saturated rings. The number of carbonyl (C=O) groups excluding carboxylic acids is 2. The minimum absolute atomic E-state index is 0.0690. The number of fused-ring (bicyclic) bond motifs is 2. The van der Waals surface area contributed by atoms with Crippen LogP contribution in [-0.4, -0.2) is 22.3 Å². The molecular formula is C17H17NO2S2. The Balaban J connectivity index is 1.77. The van der Waals surface area contributed by atoms with Crippen LogP contribution in [0.25, 0.3) is 0 Å². The third-order valence-electron chi connectivity index (χ3n) is 3.67. The van der Waals surface area contributed by atoms with Gasteiger partial charge in [-0.2, -0.15) is 0 Å². The van der Waals surface area contributed by atoms with Gasteiger partial charge in [-0.25, -0.2) is 4.98 Å². The molecule has 0 saturated carbocycles. The second kappa shape index (κ2) is 6.75. The molecule has 1 heterocycles. The average molecular weight is 331 g/mol. The first-order valence-electron chi connectivity index (χ1n) is 7.54. The molecule has 3 rings (SSSR count). The van der Waals surface area contributed by atoms with Gasteiger partial charge in [-0.15, -0.1) is 11.3 Å². The van der Waals surface area contributed by atoms with Crippen molar-refractivity contribution in [1.82, 2.24) is 4.98 Å². The molecule has 1 aromatic carbocycles. The Morgan fingerprint density at radius 3 is 2.50 bits per heavy atom. The first-order valence-corrected chi connectivity index (χ1v) is 9.34. The van der Waals surface area contributed by atoms with Gasteiger partial charge in [-0.05, 0) is 6.42 Å². The van der Waals surface area contributed by atoms with Crippen molar-refractivity contribution in [3.05, 3.63) is 46.0 Å². The van der Waals surface area contributed by atoms with E-state index >= 15 is 0 Å². The first kappa shape index (κ1) is 15.4. The van der Waals surface area contributed by atoms with Crippen LogP contribution >= 0.6 is 23.1 Å². The molecule has 0 spiro atoms. The van der Waals surface area contributed by atoms with Crippen LogP contribution in [0, 0.1) is 0 Å². The molecule has 1 aliphatic rings. The highest BCUT2D eigenvalue weighted by atomic mass is 32.2. The van der Waals surface area contributed by atoms with Gasteiger partial charge in [0.1, 0.15) is 10.6 Å². The molecule has 1 aliphatic carbocycles. The van der Waals surface area contributed by atoms with E-state index < -0.39 is 0 Å². The van der Waals surface area contributed by atoms with Gasteiger partial charge >= 0.3 is 0 Å². The van der Waals surface area contributed by atoms with Gasteiger partial charge in [0.2, 0.25) is 11.6 Å². The lowest BCUT2D eigenvalue weighted by Gasteiger charge is -2.11. The smallest absolute Gasteiger partial charge is 0.213 e. The van der Waals surface area contributed by atoms with Crippen molar-refractivity contribution in [1.29, 1.82) is 0 Å². The first-order chi connectivity index (χ1) is 10.7. The van der Waals surface area contributed by atoms with Crippen molar-refractivity contribution in [2.24, 2.45) is 0 Å². The standard InChI is InChI=1S/C17H17NO2S2/c1-2-3-4-7-10-21-17-18-13-14(19)11-8-5-6-9-12(11)15(20)16(13)22-17/h5-6,8-9H,2-4,7,10H2,1H3. The van der Waals surface area contributed by atoms with Crippen molar-refractivity contribution in [2.75, 3.05) is 5.75 Å². The summed E-state index contributed by atoms with van der Waals surface area (Å²) in [5.41, 5.74) is 1.32. The fraction of sp³-hybridized carbons (Fsp3) is 0.353. The molecule has 114 valence electrons. The van der Waals surface area contributed by atoms with Crippen molar-refractivity contribution < 1.29 is 9.59 Å². The summed E-state index contributed by atoms with van der Waals surface area (Å²) in [6, 6.07) is 7.00. The summed E-state index contributed by atoms with van der Waals surface area (Å²) in [4.78, 5) is 29.9. The lowest BCUT2D eigenvalue weighted by molar-refractivity contribution is 0.0979. The largest absolute Gasteiger partial charge is 0.288 e. The Morgan fingerprint density at radius 2 is 1.77 bits per heavy atom. The number of ketones is 2. The van der Waals surface area contributed by atoms with Gasteiger partial charge < -0.3 is 0 Å². The molecule has 0 radical (unpaired) electrons. The van der Waals surface area contributed by atoms with E-state index in [1.54, 1.807) is 36.0 Å². The summed E-state index contributed by atoms with van der Waals surface area (Å²) in [5, 5.41) is 0. The van der Waals surface area contributed by atoms with E-state index in [4.69, 9.17) is 0 Å². The number of hydrogen-bond donors (Lipinski definition) is 0. The van der Waals surface area contributed by atoms with E-state index in [1.165, 1.54) is 30.6 Å². The number of unbranched alkanes of at least 4 members (excludes halogenated alkanes) is 3. The van der Waals surface area contributed by atoms with Crippen molar-refractivity contribution >= 4 is 34.7 Å². The second-order valence-electron chi connectivity index (χ2n) is 5.27. The zero-order valence-electron chi connectivity index (χ0n) is 12.4. The molecule has 0 amide bonds. The zero-order valence-corrected chi connectivity index (χ0v) is 14.1. The highest BCUT2D eigenvalue weighted by Crippen LogP contribution is 2.35. The molecule has 0 N–H and O–H groups in total. The predicted molar refractivity (Wildman–Crippen MR) is 90.3 cm³/mol. The van der Waals surface area contributed by atoms with Crippen LogP contribution in [0.2, 0.25) is 0 Å². The molecule has 22 heavy (non-hydrogen) atoms. The average Bonchev–Trinajstić information content (AvgIpc) is 2.97. The van der Waals surface area contributed by atoms with Crippen LogP contribution in [0.15, 0.2) is 28.6 Å². The number of thiazole rings is 1. The van der Waals surface area contributed by atoms with Gasteiger partial charge in [-0.3, -0.25) is 9.59 Å². The lowest BCUT2D eigenvalue weighted by Crippen LogP contribution is -2.19. The van der Waals surface area contributed by atoms with E-state index in [0.717, 1.165) is 16.5 Å². The van der Waals surface area contributed by atoms with Crippen molar-refractivity contribution in [2.45, 2.75) is 36.9 Å². The molecule has 5 heteroatoms. The normalized spacial score (nSPS) is 13.1. The van der Waals surface area contributed by atoms with E-state index in [9.17, 15) is 9.59 Å². The summed E-state index contributed by atoms with van der Waals surface area (Å²) in [7, 11) is 0. The van der Waals surface area contributed by atoms with E-state index in [0.29, 0.717) is 21.7 Å². The molecule has 0 aliphatic heterocycles. The molecule has 0 unspecified atom stereocenters. The van der Waals surface area contributed by atoms with Crippen LogP contribution in [-0.2, 0) is 0 Å².